The molecule has 1 unspecified atom stereocenters. The number of hydrogen-bond donors (Lipinski definition) is 2. The maximum atomic E-state index is 12.3. The third-order valence-electron chi connectivity index (χ3n) is 3.36. The molecule has 1 heterocycles. The first-order chi connectivity index (χ1) is 9.96. The Kier molecular flexibility index (Phi) is 7.63. The summed E-state index contributed by atoms with van der Waals surface area (Å²) in [5.41, 5.74) is 5.59. The van der Waals surface area contributed by atoms with Crippen molar-refractivity contribution in [2.75, 3.05) is 45.9 Å². The van der Waals surface area contributed by atoms with Gasteiger partial charge >= 0.3 is 0 Å². The second-order valence-electron chi connectivity index (χ2n) is 5.59. The zero-order valence-corrected chi connectivity index (χ0v) is 13.3. The third-order valence-corrected chi connectivity index (χ3v) is 3.36. The molecule has 21 heavy (non-hydrogen) atoms. The van der Waals surface area contributed by atoms with Crippen molar-refractivity contribution in [2.45, 2.75) is 32.9 Å². The maximum Gasteiger partial charge on any atom is 0.239 e. The molecule has 1 fully saturated rings. The van der Waals surface area contributed by atoms with Crippen molar-refractivity contribution >= 4 is 11.8 Å². The van der Waals surface area contributed by atoms with E-state index >= 15 is 0 Å². The van der Waals surface area contributed by atoms with E-state index < -0.39 is 0 Å². The fourth-order valence-corrected chi connectivity index (χ4v) is 2.28. The Morgan fingerprint density at radius 2 is 2.19 bits per heavy atom. The van der Waals surface area contributed by atoms with Gasteiger partial charge in [-0.05, 0) is 20.8 Å². The van der Waals surface area contributed by atoms with Gasteiger partial charge in [-0.1, -0.05) is 0 Å². The molecule has 0 aliphatic carbocycles. The normalized spacial score (nSPS) is 19.6. The minimum absolute atomic E-state index is 0.00846. The molecule has 0 bridgehead atoms. The van der Waals surface area contributed by atoms with Gasteiger partial charge in [-0.2, -0.15) is 0 Å². The van der Waals surface area contributed by atoms with E-state index in [1.165, 1.54) is 0 Å². The topological polar surface area (TPSA) is 87.9 Å². The summed E-state index contributed by atoms with van der Waals surface area (Å²) in [4.78, 5) is 27.7. The van der Waals surface area contributed by atoms with E-state index in [9.17, 15) is 9.59 Å². The molecule has 0 aromatic rings. The van der Waals surface area contributed by atoms with Crippen molar-refractivity contribution < 1.29 is 14.3 Å². The Hall–Kier alpha value is -1.18. The molecule has 122 valence electrons. The number of likely N-dealkylation sites (N-methyl/N-ethyl adjacent to an activating group) is 1. The van der Waals surface area contributed by atoms with Crippen LogP contribution >= 0.6 is 0 Å². The molecule has 7 nitrogen and oxygen atoms in total. The SMILES string of the molecule is CCN(CC(=O)NC(C)C)C(=O)CN1CCOC(CN)C1. The van der Waals surface area contributed by atoms with E-state index in [0.29, 0.717) is 32.8 Å². The first-order valence-electron chi connectivity index (χ1n) is 7.57. The van der Waals surface area contributed by atoms with Gasteiger partial charge in [0.1, 0.15) is 0 Å². The first kappa shape index (κ1) is 17.9. The second-order valence-corrected chi connectivity index (χ2v) is 5.59. The molecule has 1 rings (SSSR count). The van der Waals surface area contributed by atoms with E-state index in [0.717, 1.165) is 6.54 Å². The van der Waals surface area contributed by atoms with E-state index in [2.05, 4.69) is 5.32 Å². The molecule has 1 atom stereocenters. The van der Waals surface area contributed by atoms with Crippen molar-refractivity contribution in [1.29, 1.82) is 0 Å². The van der Waals surface area contributed by atoms with Gasteiger partial charge < -0.3 is 20.7 Å². The lowest BCUT2D eigenvalue weighted by atomic mass is 10.2. The molecule has 0 saturated carbocycles. The highest BCUT2D eigenvalue weighted by atomic mass is 16.5. The molecule has 0 aromatic carbocycles. The Labute approximate surface area is 126 Å². The fraction of sp³-hybridized carbons (Fsp3) is 0.857. The quantitative estimate of drug-likeness (QED) is 0.631. The van der Waals surface area contributed by atoms with Crippen LogP contribution in [0.5, 0.6) is 0 Å². The summed E-state index contributed by atoms with van der Waals surface area (Å²) in [7, 11) is 0. The van der Waals surface area contributed by atoms with Crippen LogP contribution in [0, 0.1) is 0 Å². The standard InChI is InChI=1S/C14H28N4O3/c1-4-18(9-13(19)16-11(2)3)14(20)10-17-5-6-21-12(7-15)8-17/h11-12H,4-10,15H2,1-3H3,(H,16,19). The smallest absolute Gasteiger partial charge is 0.239 e. The average Bonchev–Trinajstić information content (AvgIpc) is 2.44. The van der Waals surface area contributed by atoms with Crippen LogP contribution in [0.4, 0.5) is 0 Å². The minimum atomic E-state index is -0.123. The van der Waals surface area contributed by atoms with E-state index in [4.69, 9.17) is 10.5 Å². The van der Waals surface area contributed by atoms with Gasteiger partial charge in [-0.15, -0.1) is 0 Å². The Morgan fingerprint density at radius 3 is 2.76 bits per heavy atom. The van der Waals surface area contributed by atoms with Gasteiger partial charge in [-0.25, -0.2) is 0 Å². The molecule has 7 heteroatoms. The highest BCUT2D eigenvalue weighted by Crippen LogP contribution is 2.04. The summed E-state index contributed by atoms with van der Waals surface area (Å²) in [6.07, 6.45) is -0.00846. The summed E-state index contributed by atoms with van der Waals surface area (Å²) in [5.74, 6) is -0.156. The summed E-state index contributed by atoms with van der Waals surface area (Å²) < 4.78 is 5.48. The predicted octanol–water partition coefficient (Wildman–Crippen LogP) is -0.981. The molecule has 0 radical (unpaired) electrons. The highest BCUT2D eigenvalue weighted by molar-refractivity contribution is 5.85. The highest BCUT2D eigenvalue weighted by Gasteiger charge is 2.23. The number of ether oxygens (including phenoxy) is 1. The van der Waals surface area contributed by atoms with Crippen molar-refractivity contribution in [2.24, 2.45) is 5.73 Å². The van der Waals surface area contributed by atoms with Crippen LogP contribution in [0.2, 0.25) is 0 Å². The van der Waals surface area contributed by atoms with Crippen LogP contribution in [0.3, 0.4) is 0 Å². The van der Waals surface area contributed by atoms with E-state index in [1.807, 2.05) is 25.7 Å². The monoisotopic (exact) mass is 300 g/mol. The Morgan fingerprint density at radius 1 is 1.48 bits per heavy atom. The van der Waals surface area contributed by atoms with Gasteiger partial charge in [-0.3, -0.25) is 14.5 Å². The van der Waals surface area contributed by atoms with Gasteiger partial charge in [0.15, 0.2) is 0 Å². The number of nitrogens with two attached hydrogens (primary N) is 1. The van der Waals surface area contributed by atoms with Crippen molar-refractivity contribution in [3.05, 3.63) is 0 Å². The summed E-state index contributed by atoms with van der Waals surface area (Å²) in [6.45, 7) is 9.05. The van der Waals surface area contributed by atoms with Crippen LogP contribution < -0.4 is 11.1 Å². The van der Waals surface area contributed by atoms with Gasteiger partial charge in [0.05, 0.1) is 25.8 Å². The molecule has 0 spiro atoms. The summed E-state index contributed by atoms with van der Waals surface area (Å²) >= 11 is 0. The van der Waals surface area contributed by atoms with Gasteiger partial charge in [0.2, 0.25) is 11.8 Å². The molecule has 3 N–H and O–H groups in total. The van der Waals surface area contributed by atoms with Crippen LogP contribution in [-0.2, 0) is 14.3 Å². The van der Waals surface area contributed by atoms with Crippen LogP contribution in [0.1, 0.15) is 20.8 Å². The minimum Gasteiger partial charge on any atom is -0.374 e. The number of amides is 2. The van der Waals surface area contributed by atoms with Crippen molar-refractivity contribution in [1.82, 2.24) is 15.1 Å². The first-order valence-corrected chi connectivity index (χ1v) is 7.57. The number of morpholine rings is 1. The number of carbonyl (C=O) groups excluding carboxylic acids is 2. The third kappa shape index (κ3) is 6.41. The Balaban J connectivity index is 2.45. The second kappa shape index (κ2) is 8.96. The molecule has 0 aromatic heterocycles. The lowest BCUT2D eigenvalue weighted by Gasteiger charge is -2.33. The van der Waals surface area contributed by atoms with Gasteiger partial charge in [0, 0.05) is 32.2 Å². The Bertz CT molecular complexity index is 349. The van der Waals surface area contributed by atoms with Crippen molar-refractivity contribution in [3.8, 4) is 0 Å². The van der Waals surface area contributed by atoms with E-state index in [-0.39, 0.29) is 30.5 Å². The summed E-state index contributed by atoms with van der Waals surface area (Å²) in [6, 6.07) is 0.0795. The predicted molar refractivity (Wildman–Crippen MR) is 80.8 cm³/mol. The molecule has 1 saturated heterocycles. The van der Waals surface area contributed by atoms with Gasteiger partial charge in [0.25, 0.3) is 0 Å². The zero-order valence-electron chi connectivity index (χ0n) is 13.3. The maximum absolute atomic E-state index is 12.3. The summed E-state index contributed by atoms with van der Waals surface area (Å²) in [5, 5.41) is 2.80. The number of nitrogens with zero attached hydrogens (tertiary/aromatic N) is 2. The lowest BCUT2D eigenvalue weighted by Crippen LogP contribution is -2.51. The van der Waals surface area contributed by atoms with Crippen LogP contribution in [0.15, 0.2) is 0 Å². The number of nitrogens with one attached hydrogen (secondary N) is 1. The molecular formula is C14H28N4O3. The number of carbonyl (C=O) groups is 2. The van der Waals surface area contributed by atoms with E-state index in [1.54, 1.807) is 4.90 Å². The van der Waals surface area contributed by atoms with Crippen LogP contribution in [0.25, 0.3) is 0 Å². The van der Waals surface area contributed by atoms with Crippen molar-refractivity contribution in [3.63, 3.8) is 0 Å². The molecule has 2 amide bonds. The zero-order chi connectivity index (χ0) is 15.8. The molecule has 1 aliphatic heterocycles. The molecular weight excluding hydrogens is 272 g/mol. The molecule has 1 aliphatic rings. The largest absolute Gasteiger partial charge is 0.374 e. The lowest BCUT2D eigenvalue weighted by molar-refractivity contribution is -0.138. The number of hydrogen-bond acceptors (Lipinski definition) is 5. The van der Waals surface area contributed by atoms with Crippen LogP contribution in [-0.4, -0.2) is 79.6 Å². The number of rotatable bonds is 7. The average molecular weight is 300 g/mol. The fourth-order valence-electron chi connectivity index (χ4n) is 2.28.